The zero-order valence-corrected chi connectivity index (χ0v) is 16.8. The predicted octanol–water partition coefficient (Wildman–Crippen LogP) is 2.38. The minimum atomic E-state index is -3.88. The molecule has 2 heterocycles. The first-order chi connectivity index (χ1) is 13.4. The first kappa shape index (κ1) is 19.8. The number of hydrogen-bond donors (Lipinski definition) is 1. The molecule has 4 rings (SSSR count). The number of fused-ring (bicyclic) bond motifs is 1. The normalized spacial score (nSPS) is 29.0. The van der Waals surface area contributed by atoms with Crippen LogP contribution in [0.25, 0.3) is 0 Å². The van der Waals surface area contributed by atoms with Gasteiger partial charge in [0.05, 0.1) is 0 Å². The van der Waals surface area contributed by atoms with Crippen LogP contribution in [0, 0.1) is 23.6 Å². The van der Waals surface area contributed by atoms with Gasteiger partial charge in [-0.3, -0.25) is 10.2 Å². The molecule has 2 aliphatic heterocycles. The molecule has 3 atom stereocenters. The number of piperidine rings is 1. The predicted molar refractivity (Wildman–Crippen MR) is 103 cm³/mol. The molecule has 1 saturated carbocycles. The van der Waals surface area contributed by atoms with Gasteiger partial charge in [-0.1, -0.05) is 18.6 Å². The van der Waals surface area contributed by atoms with Crippen LogP contribution in [0.1, 0.15) is 38.5 Å². The molecular weight excluding hydrogens is 381 g/mol. The molecule has 6 nitrogen and oxygen atoms in total. The molecule has 0 spiro atoms. The summed E-state index contributed by atoms with van der Waals surface area (Å²) in [5, 5.41) is 2.04. The number of rotatable bonds is 5. The fraction of sp³-hybridized carbons (Fsp3) is 0.650. The second-order valence-electron chi connectivity index (χ2n) is 8.40. The Morgan fingerprint density at radius 1 is 1.07 bits per heavy atom. The van der Waals surface area contributed by atoms with E-state index in [-0.39, 0.29) is 23.3 Å². The van der Waals surface area contributed by atoms with Crippen LogP contribution in [0.5, 0.6) is 0 Å². The Kier molecular flexibility index (Phi) is 5.71. The Bertz CT molecular complexity index is 820. The van der Waals surface area contributed by atoms with Crippen LogP contribution in [0.15, 0.2) is 29.2 Å². The number of benzene rings is 1. The standard InChI is InChI=1S/C20H28FN3O3S/c21-18-8-1-2-9-19(18)28(26,27)24-10-4-5-15(12-24)11-20(25)22-23-13-16-6-3-7-17(16)14-23/h1-2,8-9,15-17H,3-7,10-14H2,(H,22,25). The van der Waals surface area contributed by atoms with Gasteiger partial charge in [0, 0.05) is 32.6 Å². The van der Waals surface area contributed by atoms with Crippen molar-refractivity contribution in [2.75, 3.05) is 26.2 Å². The summed E-state index contributed by atoms with van der Waals surface area (Å²) in [6.45, 7) is 2.48. The number of carbonyl (C=O) groups is 1. The third-order valence-electron chi connectivity index (χ3n) is 6.42. The van der Waals surface area contributed by atoms with Crippen molar-refractivity contribution in [2.24, 2.45) is 17.8 Å². The van der Waals surface area contributed by atoms with E-state index in [9.17, 15) is 17.6 Å². The van der Waals surface area contributed by atoms with E-state index in [0.29, 0.717) is 31.2 Å². The zero-order chi connectivity index (χ0) is 19.7. The fourth-order valence-corrected chi connectivity index (χ4v) is 6.64. The average molecular weight is 410 g/mol. The quantitative estimate of drug-likeness (QED) is 0.811. The molecule has 2 saturated heterocycles. The van der Waals surface area contributed by atoms with Crippen molar-refractivity contribution in [1.29, 1.82) is 0 Å². The minimum Gasteiger partial charge on any atom is -0.289 e. The molecule has 1 aromatic rings. The smallest absolute Gasteiger partial charge is 0.245 e. The van der Waals surface area contributed by atoms with Gasteiger partial charge in [0.2, 0.25) is 15.9 Å². The Balaban J connectivity index is 1.34. The molecule has 0 radical (unpaired) electrons. The minimum absolute atomic E-state index is 0.0441. The number of nitrogens with zero attached hydrogens (tertiary/aromatic N) is 2. The maximum atomic E-state index is 14.0. The topological polar surface area (TPSA) is 69.7 Å². The molecule has 8 heteroatoms. The maximum Gasteiger partial charge on any atom is 0.245 e. The largest absolute Gasteiger partial charge is 0.289 e. The van der Waals surface area contributed by atoms with Crippen LogP contribution in [0.3, 0.4) is 0 Å². The van der Waals surface area contributed by atoms with Crippen LogP contribution in [0.2, 0.25) is 0 Å². The number of carbonyl (C=O) groups excluding carboxylic acids is 1. The highest BCUT2D eigenvalue weighted by Gasteiger charge is 2.37. The lowest BCUT2D eigenvalue weighted by Crippen LogP contribution is -2.44. The molecule has 0 aromatic heterocycles. The Hall–Kier alpha value is -1.51. The summed E-state index contributed by atoms with van der Waals surface area (Å²) in [5.41, 5.74) is 3.02. The van der Waals surface area contributed by atoms with Gasteiger partial charge in [0.15, 0.2) is 0 Å². The second-order valence-corrected chi connectivity index (χ2v) is 10.3. The first-order valence-electron chi connectivity index (χ1n) is 10.2. The number of halogens is 1. The van der Waals surface area contributed by atoms with E-state index in [1.165, 1.54) is 41.8 Å². The lowest BCUT2D eigenvalue weighted by atomic mass is 9.96. The van der Waals surface area contributed by atoms with Gasteiger partial charge in [-0.05, 0) is 55.6 Å². The van der Waals surface area contributed by atoms with Gasteiger partial charge in [0.25, 0.3) is 0 Å². The molecule has 3 unspecified atom stereocenters. The van der Waals surface area contributed by atoms with Crippen molar-refractivity contribution in [3.8, 4) is 0 Å². The first-order valence-corrected chi connectivity index (χ1v) is 11.7. The Morgan fingerprint density at radius 3 is 2.50 bits per heavy atom. The number of amides is 1. The molecule has 3 aliphatic rings. The van der Waals surface area contributed by atoms with Crippen LogP contribution >= 0.6 is 0 Å². The average Bonchev–Trinajstić information content (AvgIpc) is 3.23. The van der Waals surface area contributed by atoms with E-state index >= 15 is 0 Å². The highest BCUT2D eigenvalue weighted by atomic mass is 32.2. The summed E-state index contributed by atoms with van der Waals surface area (Å²) in [5.74, 6) is 0.585. The maximum absolute atomic E-state index is 14.0. The van der Waals surface area contributed by atoms with Gasteiger partial charge >= 0.3 is 0 Å². The zero-order valence-electron chi connectivity index (χ0n) is 16.0. The van der Waals surface area contributed by atoms with Crippen LogP contribution in [-0.2, 0) is 14.8 Å². The summed E-state index contributed by atoms with van der Waals surface area (Å²) >= 11 is 0. The van der Waals surface area contributed by atoms with Gasteiger partial charge in [-0.25, -0.2) is 17.8 Å². The summed E-state index contributed by atoms with van der Waals surface area (Å²) in [7, 11) is -3.88. The van der Waals surface area contributed by atoms with Crippen molar-refractivity contribution in [3.05, 3.63) is 30.1 Å². The van der Waals surface area contributed by atoms with Crippen LogP contribution in [0.4, 0.5) is 4.39 Å². The van der Waals surface area contributed by atoms with Gasteiger partial charge in [-0.15, -0.1) is 0 Å². The molecule has 3 fully saturated rings. The van der Waals surface area contributed by atoms with Crippen molar-refractivity contribution < 1.29 is 17.6 Å². The third-order valence-corrected chi connectivity index (χ3v) is 8.32. The summed E-state index contributed by atoms with van der Waals surface area (Å²) < 4.78 is 40.9. The molecule has 1 aromatic carbocycles. The van der Waals surface area contributed by atoms with E-state index < -0.39 is 15.8 Å². The highest BCUT2D eigenvalue weighted by molar-refractivity contribution is 7.89. The van der Waals surface area contributed by atoms with E-state index in [1.54, 1.807) is 0 Å². The molecule has 1 amide bonds. The van der Waals surface area contributed by atoms with E-state index in [2.05, 4.69) is 5.43 Å². The molecule has 1 N–H and O–H groups in total. The molecule has 0 bridgehead atoms. The van der Waals surface area contributed by atoms with E-state index in [0.717, 1.165) is 25.6 Å². The van der Waals surface area contributed by atoms with Crippen LogP contribution in [-0.4, -0.2) is 49.8 Å². The van der Waals surface area contributed by atoms with Crippen molar-refractivity contribution >= 4 is 15.9 Å². The van der Waals surface area contributed by atoms with Gasteiger partial charge in [0.1, 0.15) is 10.7 Å². The number of hydrazine groups is 1. The second kappa shape index (κ2) is 8.08. The SMILES string of the molecule is O=C(CC1CCCN(S(=O)(=O)c2ccccc2F)C1)NN1CC2CCCC2C1. The number of sulfonamides is 1. The lowest BCUT2D eigenvalue weighted by molar-refractivity contribution is -0.126. The summed E-state index contributed by atoms with van der Waals surface area (Å²) in [6.07, 6.45) is 5.59. The van der Waals surface area contributed by atoms with Crippen molar-refractivity contribution in [2.45, 2.75) is 43.4 Å². The third kappa shape index (κ3) is 4.09. The fourth-order valence-electron chi connectivity index (χ4n) is 5.02. The number of nitrogens with one attached hydrogen (secondary N) is 1. The van der Waals surface area contributed by atoms with Gasteiger partial charge in [-0.2, -0.15) is 4.31 Å². The molecule has 154 valence electrons. The van der Waals surface area contributed by atoms with Crippen molar-refractivity contribution in [3.63, 3.8) is 0 Å². The van der Waals surface area contributed by atoms with Crippen LogP contribution < -0.4 is 5.43 Å². The van der Waals surface area contributed by atoms with E-state index in [1.807, 2.05) is 5.01 Å². The van der Waals surface area contributed by atoms with Crippen molar-refractivity contribution in [1.82, 2.24) is 14.7 Å². The summed E-state index contributed by atoms with van der Waals surface area (Å²) in [4.78, 5) is 12.2. The molecule has 1 aliphatic carbocycles. The summed E-state index contributed by atoms with van der Waals surface area (Å²) in [6, 6.07) is 5.46. The Labute approximate surface area is 166 Å². The number of hydrogen-bond acceptors (Lipinski definition) is 4. The highest BCUT2D eigenvalue weighted by Crippen LogP contribution is 2.37. The molecular formula is C20H28FN3O3S. The monoisotopic (exact) mass is 409 g/mol. The van der Waals surface area contributed by atoms with E-state index in [4.69, 9.17) is 0 Å². The lowest BCUT2D eigenvalue weighted by Gasteiger charge is -2.32. The van der Waals surface area contributed by atoms with Gasteiger partial charge < -0.3 is 0 Å². The Morgan fingerprint density at radius 2 is 1.79 bits per heavy atom. The molecule has 28 heavy (non-hydrogen) atoms.